The van der Waals surface area contributed by atoms with Crippen molar-refractivity contribution in [3.8, 4) is 0 Å². The van der Waals surface area contributed by atoms with Gasteiger partial charge in [-0.25, -0.2) is 0 Å². The van der Waals surface area contributed by atoms with Crippen molar-refractivity contribution in [2.75, 3.05) is 0 Å². The number of aliphatic carboxylic acids is 1. The van der Waals surface area contributed by atoms with Gasteiger partial charge in [-0.3, -0.25) is 9.59 Å². The molecule has 1 unspecified atom stereocenters. The van der Waals surface area contributed by atoms with Crippen molar-refractivity contribution >= 4 is 46.6 Å². The third-order valence-electron chi connectivity index (χ3n) is 0.878. The van der Waals surface area contributed by atoms with Crippen LogP contribution in [0.2, 0.25) is 0 Å². The van der Waals surface area contributed by atoms with Crippen molar-refractivity contribution in [2.45, 2.75) is 16.6 Å². The number of carboxylic acids is 1. The third-order valence-corrected chi connectivity index (χ3v) is 1.68. The van der Waals surface area contributed by atoms with E-state index in [1.54, 1.807) is 0 Å². The van der Waals surface area contributed by atoms with Crippen molar-refractivity contribution in [1.82, 2.24) is 0 Å². The van der Waals surface area contributed by atoms with Crippen LogP contribution in [0.25, 0.3) is 0 Å². The van der Waals surface area contributed by atoms with E-state index in [2.05, 4.69) is 0 Å². The van der Waals surface area contributed by atoms with Crippen LogP contribution >= 0.6 is 34.8 Å². The summed E-state index contributed by atoms with van der Waals surface area (Å²) in [7, 11) is 0. The lowest BCUT2D eigenvalue weighted by Gasteiger charge is -2.04. The Labute approximate surface area is 78.2 Å². The van der Waals surface area contributed by atoms with Crippen LogP contribution in [0.5, 0.6) is 0 Å². The highest BCUT2D eigenvalue weighted by Gasteiger charge is 2.23. The molecule has 0 spiro atoms. The molecule has 3 nitrogen and oxygen atoms in total. The first-order valence-electron chi connectivity index (χ1n) is 2.63. The molecule has 0 fully saturated rings. The molecular formula is C5H5Cl3O3. The van der Waals surface area contributed by atoms with E-state index < -0.39 is 28.4 Å². The molecule has 64 valence electrons. The molecule has 0 heterocycles. The molecule has 0 saturated carbocycles. The highest BCUT2D eigenvalue weighted by atomic mass is 35.5. The molecule has 1 atom stereocenters. The molecule has 11 heavy (non-hydrogen) atoms. The Morgan fingerprint density at radius 1 is 1.27 bits per heavy atom. The fourth-order valence-corrected chi connectivity index (χ4v) is 1.08. The first-order valence-corrected chi connectivity index (χ1v) is 3.93. The summed E-state index contributed by atoms with van der Waals surface area (Å²) in [6.07, 6.45) is -0.462. The predicted octanol–water partition coefficient (Wildman–Crippen LogP) is 1.44. The quantitative estimate of drug-likeness (QED) is 0.728. The molecule has 0 aliphatic rings. The van der Waals surface area contributed by atoms with Crippen LogP contribution in [0.3, 0.4) is 0 Å². The van der Waals surface area contributed by atoms with Gasteiger partial charge in [0, 0.05) is 0 Å². The fraction of sp³-hybridized carbons (Fsp3) is 0.600. The second kappa shape index (κ2) is 4.80. The topological polar surface area (TPSA) is 54.4 Å². The maximum atomic E-state index is 10.7. The van der Waals surface area contributed by atoms with Crippen molar-refractivity contribution in [3.63, 3.8) is 0 Å². The van der Waals surface area contributed by atoms with E-state index >= 15 is 0 Å². The van der Waals surface area contributed by atoms with Crippen molar-refractivity contribution in [3.05, 3.63) is 0 Å². The minimum atomic E-state index is -1.25. The van der Waals surface area contributed by atoms with Gasteiger partial charge in [-0.15, -0.1) is 11.6 Å². The van der Waals surface area contributed by atoms with Gasteiger partial charge in [0.1, 0.15) is 5.38 Å². The van der Waals surface area contributed by atoms with Crippen molar-refractivity contribution in [2.24, 2.45) is 0 Å². The van der Waals surface area contributed by atoms with Crippen LogP contribution < -0.4 is 0 Å². The van der Waals surface area contributed by atoms with Gasteiger partial charge in [0.25, 0.3) is 0 Å². The molecule has 0 saturated heterocycles. The van der Waals surface area contributed by atoms with Crippen LogP contribution in [0.4, 0.5) is 0 Å². The Morgan fingerprint density at radius 2 is 1.73 bits per heavy atom. The maximum Gasteiger partial charge on any atom is 0.305 e. The highest BCUT2D eigenvalue weighted by molar-refractivity contribution is 6.56. The number of rotatable bonds is 4. The van der Waals surface area contributed by atoms with Gasteiger partial charge in [-0.1, -0.05) is 23.2 Å². The lowest BCUT2D eigenvalue weighted by atomic mass is 10.2. The largest absolute Gasteiger partial charge is 0.481 e. The number of carbonyl (C=O) groups excluding carboxylic acids is 1. The zero-order valence-electron chi connectivity index (χ0n) is 5.26. The van der Waals surface area contributed by atoms with Crippen LogP contribution in [-0.4, -0.2) is 27.1 Å². The molecule has 0 radical (unpaired) electrons. The second-order valence-corrected chi connectivity index (χ2v) is 3.39. The van der Waals surface area contributed by atoms with Gasteiger partial charge in [-0.05, 0) is 0 Å². The number of halogens is 3. The average molecular weight is 219 g/mol. The van der Waals surface area contributed by atoms with E-state index in [9.17, 15) is 9.59 Å². The maximum absolute atomic E-state index is 10.7. The predicted molar refractivity (Wildman–Crippen MR) is 42.4 cm³/mol. The van der Waals surface area contributed by atoms with E-state index in [-0.39, 0.29) is 0 Å². The number of alkyl halides is 3. The van der Waals surface area contributed by atoms with Gasteiger partial charge in [-0.2, -0.15) is 0 Å². The van der Waals surface area contributed by atoms with Crippen molar-refractivity contribution in [1.29, 1.82) is 0 Å². The second-order valence-electron chi connectivity index (χ2n) is 1.77. The zero-order chi connectivity index (χ0) is 9.02. The summed E-state index contributed by atoms with van der Waals surface area (Å²) in [6, 6.07) is 0. The number of hydrogen-bond donors (Lipinski definition) is 1. The molecule has 1 N–H and O–H groups in total. The number of hydrogen-bond acceptors (Lipinski definition) is 2. The lowest BCUT2D eigenvalue weighted by Crippen LogP contribution is -2.23. The normalized spacial score (nSPS) is 13.1. The Bertz CT molecular complexity index is 168. The van der Waals surface area contributed by atoms with Gasteiger partial charge >= 0.3 is 5.97 Å². The molecule has 0 rings (SSSR count). The SMILES string of the molecule is O=C(O)CC(Cl)C(=O)C(Cl)Cl. The molecule has 0 aromatic rings. The van der Waals surface area contributed by atoms with Crippen molar-refractivity contribution < 1.29 is 14.7 Å². The lowest BCUT2D eigenvalue weighted by molar-refractivity contribution is -0.138. The zero-order valence-corrected chi connectivity index (χ0v) is 7.53. The van der Waals surface area contributed by atoms with E-state index in [0.29, 0.717) is 0 Å². The number of carbonyl (C=O) groups is 2. The Balaban J connectivity index is 3.93. The van der Waals surface area contributed by atoms with Gasteiger partial charge in [0.2, 0.25) is 0 Å². The molecule has 0 aliphatic heterocycles. The molecule has 0 aromatic heterocycles. The summed E-state index contributed by atoms with van der Waals surface area (Å²) in [4.78, 5) is 19.5. The van der Waals surface area contributed by atoms with Gasteiger partial charge in [0.15, 0.2) is 10.6 Å². The number of Topliss-reactive ketones (excluding diaryl/α,β-unsaturated/α-hetero) is 1. The monoisotopic (exact) mass is 218 g/mol. The van der Waals surface area contributed by atoms with Gasteiger partial charge in [0.05, 0.1) is 6.42 Å². The van der Waals surface area contributed by atoms with Gasteiger partial charge < -0.3 is 5.11 Å². The fourth-order valence-electron chi connectivity index (χ4n) is 0.391. The smallest absolute Gasteiger partial charge is 0.305 e. The summed E-state index contributed by atoms with van der Waals surface area (Å²) < 4.78 is 0. The molecule has 6 heteroatoms. The molecule has 0 bridgehead atoms. The summed E-state index contributed by atoms with van der Waals surface area (Å²) >= 11 is 15.6. The summed E-state index contributed by atoms with van der Waals surface area (Å²) in [5, 5.41) is 7.05. The van der Waals surface area contributed by atoms with Crippen LogP contribution in [-0.2, 0) is 9.59 Å². The number of carboxylic acid groups (broad SMARTS) is 1. The summed E-state index contributed by atoms with van der Waals surface area (Å²) in [6.45, 7) is 0. The standard InChI is InChI=1S/C5H5Cl3O3/c6-2(1-3(9)10)4(11)5(7)8/h2,5H,1H2,(H,9,10). The van der Waals surface area contributed by atoms with Crippen LogP contribution in [0.1, 0.15) is 6.42 Å². The Hall–Kier alpha value is 0.01000. The molecular weight excluding hydrogens is 214 g/mol. The average Bonchev–Trinajstić information content (AvgIpc) is 1.84. The first kappa shape index (κ1) is 11.0. The van der Waals surface area contributed by atoms with E-state index in [1.807, 2.05) is 0 Å². The molecule has 0 aliphatic carbocycles. The summed E-state index contributed by atoms with van der Waals surface area (Å²) in [5.74, 6) is -1.84. The first-order chi connectivity index (χ1) is 4.95. The van der Waals surface area contributed by atoms with Crippen LogP contribution in [0.15, 0.2) is 0 Å². The molecule has 0 aromatic carbocycles. The van der Waals surface area contributed by atoms with Crippen LogP contribution in [0, 0.1) is 0 Å². The van der Waals surface area contributed by atoms with E-state index in [0.717, 1.165) is 0 Å². The van der Waals surface area contributed by atoms with E-state index in [4.69, 9.17) is 39.9 Å². The Morgan fingerprint density at radius 3 is 2.00 bits per heavy atom. The summed E-state index contributed by atoms with van der Waals surface area (Å²) in [5.41, 5.74) is 0. The third kappa shape index (κ3) is 4.45. The minimum absolute atomic E-state index is 0.462. The van der Waals surface area contributed by atoms with E-state index in [1.165, 1.54) is 0 Å². The Kier molecular flexibility index (Phi) is 4.81. The highest BCUT2D eigenvalue weighted by Crippen LogP contribution is 2.12. The minimum Gasteiger partial charge on any atom is -0.481 e. The molecule has 0 amide bonds. The number of ketones is 1.